The molecule has 3 aromatic rings. The molecule has 4 atom stereocenters. The number of benzene rings is 3. The second-order valence-corrected chi connectivity index (χ2v) is 9.45. The third-order valence-electron chi connectivity index (χ3n) is 5.60. The third kappa shape index (κ3) is 6.83. The molecule has 1 saturated heterocycles. The summed E-state index contributed by atoms with van der Waals surface area (Å²) in [5.41, 5.74) is 0.677. The van der Waals surface area contributed by atoms with Crippen LogP contribution in [0.4, 0.5) is 0 Å². The van der Waals surface area contributed by atoms with Gasteiger partial charge in [0.1, 0.15) is 12.7 Å². The number of hydrogen-bond acceptors (Lipinski definition) is 8. The average Bonchev–Trinajstić information content (AvgIpc) is 3.24. The second kappa shape index (κ2) is 12.6. The van der Waals surface area contributed by atoms with E-state index in [9.17, 15) is 14.4 Å². The fourth-order valence-electron chi connectivity index (χ4n) is 3.67. The normalized spacial score (nSPS) is 20.5. The van der Waals surface area contributed by atoms with Crippen LogP contribution in [-0.2, 0) is 23.7 Å². The predicted octanol–water partition coefficient (Wildman–Crippen LogP) is 5.63. The molecule has 0 amide bonds. The molecule has 0 unspecified atom stereocenters. The zero-order valence-corrected chi connectivity index (χ0v) is 22.1. The highest BCUT2D eigenvalue weighted by Crippen LogP contribution is 2.30. The van der Waals surface area contributed by atoms with Crippen LogP contribution in [0.3, 0.4) is 0 Å². The van der Waals surface area contributed by atoms with Crippen molar-refractivity contribution in [3.63, 3.8) is 0 Å². The maximum absolute atomic E-state index is 12.9. The van der Waals surface area contributed by atoms with Gasteiger partial charge in [0.15, 0.2) is 18.5 Å². The Morgan fingerprint density at radius 1 is 0.658 bits per heavy atom. The van der Waals surface area contributed by atoms with Crippen molar-refractivity contribution >= 4 is 52.7 Å². The van der Waals surface area contributed by atoms with E-state index in [1.807, 2.05) is 0 Å². The summed E-state index contributed by atoms with van der Waals surface area (Å²) in [6.45, 7) is -0.325. The zero-order valence-electron chi connectivity index (χ0n) is 19.8. The van der Waals surface area contributed by atoms with Crippen LogP contribution in [-0.4, -0.2) is 56.2 Å². The van der Waals surface area contributed by atoms with Crippen molar-refractivity contribution in [2.75, 3.05) is 13.7 Å². The number of esters is 3. The molecule has 198 valence electrons. The highest BCUT2D eigenvalue weighted by Gasteiger charge is 2.50. The fourth-order valence-corrected chi connectivity index (χ4v) is 4.04. The van der Waals surface area contributed by atoms with Gasteiger partial charge in [0.2, 0.25) is 0 Å². The Hall–Kier alpha value is -3.14. The summed E-state index contributed by atoms with van der Waals surface area (Å²) < 4.78 is 28.0. The number of halogens is 3. The smallest absolute Gasteiger partial charge is 0.338 e. The van der Waals surface area contributed by atoms with E-state index in [4.69, 9.17) is 58.5 Å². The van der Waals surface area contributed by atoms with Crippen molar-refractivity contribution in [2.24, 2.45) is 0 Å². The van der Waals surface area contributed by atoms with E-state index in [-0.39, 0.29) is 23.3 Å². The first-order chi connectivity index (χ1) is 18.2. The first kappa shape index (κ1) is 27.9. The van der Waals surface area contributed by atoms with E-state index in [1.165, 1.54) is 67.8 Å². The minimum Gasteiger partial charge on any atom is -0.459 e. The number of hydrogen-bond donors (Lipinski definition) is 0. The SMILES string of the molecule is CO[C@@H]1O[C@H](COC(=O)c2ccc(Cl)cc2)[C@H](OC(=O)c2ccc(Cl)cc2)[C@H]1OC(=O)c1ccc(Cl)cc1. The molecule has 0 N–H and O–H groups in total. The van der Waals surface area contributed by atoms with Crippen LogP contribution in [0.2, 0.25) is 15.1 Å². The summed E-state index contributed by atoms with van der Waals surface area (Å²) in [5.74, 6) is -2.10. The molecule has 11 heteroatoms. The van der Waals surface area contributed by atoms with E-state index < -0.39 is 42.5 Å². The Kier molecular flexibility index (Phi) is 9.25. The first-order valence-electron chi connectivity index (χ1n) is 11.3. The Balaban J connectivity index is 1.55. The van der Waals surface area contributed by atoms with Crippen molar-refractivity contribution < 1.29 is 38.1 Å². The fraction of sp³-hybridized carbons (Fsp3) is 0.222. The molecule has 1 fully saturated rings. The van der Waals surface area contributed by atoms with Crippen molar-refractivity contribution in [3.05, 3.63) is 105 Å². The van der Waals surface area contributed by atoms with E-state index in [1.54, 1.807) is 12.1 Å². The van der Waals surface area contributed by atoms with E-state index in [0.717, 1.165) is 0 Å². The van der Waals surface area contributed by atoms with Gasteiger partial charge in [-0.05, 0) is 72.8 Å². The van der Waals surface area contributed by atoms with Crippen LogP contribution in [0.25, 0.3) is 0 Å². The average molecular weight is 580 g/mol. The molecule has 0 aliphatic carbocycles. The summed E-state index contributed by atoms with van der Waals surface area (Å²) in [6.07, 6.45) is -4.50. The lowest BCUT2D eigenvalue weighted by atomic mass is 10.1. The van der Waals surface area contributed by atoms with Crippen molar-refractivity contribution in [2.45, 2.75) is 24.6 Å². The van der Waals surface area contributed by atoms with Gasteiger partial charge in [-0.3, -0.25) is 0 Å². The molecule has 4 rings (SSSR count). The number of carbonyl (C=O) groups is 3. The highest BCUT2D eigenvalue weighted by molar-refractivity contribution is 6.31. The summed E-state index contributed by atoms with van der Waals surface area (Å²) in [6, 6.07) is 18.2. The molecule has 1 aliphatic rings. The molecule has 0 spiro atoms. The standard InChI is InChI=1S/C27H21Cl3O8/c1-34-27-23(38-26(33)17-6-12-20(30)13-7-17)22(37-25(32)16-4-10-19(29)11-5-16)21(36-27)14-35-24(31)15-2-8-18(28)9-3-15/h2-13,21-23,27H,14H2,1H3/t21-,22+,23-,27-/m1/s1. The maximum Gasteiger partial charge on any atom is 0.338 e. The Labute approximate surface area is 233 Å². The largest absolute Gasteiger partial charge is 0.459 e. The number of ether oxygens (including phenoxy) is 5. The van der Waals surface area contributed by atoms with Crippen molar-refractivity contribution in [3.8, 4) is 0 Å². The van der Waals surface area contributed by atoms with E-state index in [0.29, 0.717) is 15.1 Å². The Morgan fingerprint density at radius 2 is 1.05 bits per heavy atom. The lowest BCUT2D eigenvalue weighted by Gasteiger charge is -2.24. The first-order valence-corrected chi connectivity index (χ1v) is 12.4. The van der Waals surface area contributed by atoms with Gasteiger partial charge in [0.05, 0.1) is 16.7 Å². The van der Waals surface area contributed by atoms with Crippen LogP contribution >= 0.6 is 34.8 Å². The van der Waals surface area contributed by atoms with Gasteiger partial charge in [0.25, 0.3) is 0 Å². The van der Waals surface area contributed by atoms with Gasteiger partial charge in [-0.1, -0.05) is 34.8 Å². The van der Waals surface area contributed by atoms with Gasteiger partial charge in [-0.15, -0.1) is 0 Å². The van der Waals surface area contributed by atoms with E-state index in [2.05, 4.69) is 0 Å². The summed E-state index contributed by atoms with van der Waals surface area (Å²) >= 11 is 17.7. The molecular formula is C27H21Cl3O8. The predicted molar refractivity (Wildman–Crippen MR) is 139 cm³/mol. The molecule has 0 bridgehead atoms. The topological polar surface area (TPSA) is 97.4 Å². The minimum absolute atomic E-state index is 0.204. The van der Waals surface area contributed by atoms with Gasteiger partial charge in [0, 0.05) is 22.2 Å². The third-order valence-corrected chi connectivity index (χ3v) is 6.36. The quantitative estimate of drug-likeness (QED) is 0.250. The van der Waals surface area contributed by atoms with Crippen LogP contribution < -0.4 is 0 Å². The number of rotatable bonds is 8. The van der Waals surface area contributed by atoms with Crippen molar-refractivity contribution in [1.82, 2.24) is 0 Å². The van der Waals surface area contributed by atoms with Crippen molar-refractivity contribution in [1.29, 1.82) is 0 Å². The Bertz CT molecular complexity index is 1280. The van der Waals surface area contributed by atoms with Gasteiger partial charge in [-0.25, -0.2) is 14.4 Å². The molecule has 1 heterocycles. The lowest BCUT2D eigenvalue weighted by molar-refractivity contribution is -0.155. The minimum atomic E-state index is -1.18. The second-order valence-electron chi connectivity index (χ2n) is 8.14. The summed E-state index contributed by atoms with van der Waals surface area (Å²) in [7, 11) is 1.34. The van der Waals surface area contributed by atoms with Crippen LogP contribution in [0, 0.1) is 0 Å². The molecule has 0 radical (unpaired) electrons. The van der Waals surface area contributed by atoms with Gasteiger partial charge >= 0.3 is 17.9 Å². The molecule has 1 aliphatic heterocycles. The van der Waals surface area contributed by atoms with Crippen LogP contribution in [0.1, 0.15) is 31.1 Å². The molecule has 38 heavy (non-hydrogen) atoms. The van der Waals surface area contributed by atoms with Gasteiger partial charge in [-0.2, -0.15) is 0 Å². The molecule has 8 nitrogen and oxygen atoms in total. The molecular weight excluding hydrogens is 559 g/mol. The number of carbonyl (C=O) groups excluding carboxylic acids is 3. The molecule has 3 aromatic carbocycles. The highest BCUT2D eigenvalue weighted by atomic mass is 35.5. The molecule has 0 aromatic heterocycles. The summed E-state index contributed by atoms with van der Waals surface area (Å²) in [4.78, 5) is 38.4. The zero-order chi connectivity index (χ0) is 27.2. The summed E-state index contributed by atoms with van der Waals surface area (Å²) in [5, 5.41) is 1.34. The van der Waals surface area contributed by atoms with Crippen LogP contribution in [0.15, 0.2) is 72.8 Å². The van der Waals surface area contributed by atoms with E-state index >= 15 is 0 Å². The van der Waals surface area contributed by atoms with Gasteiger partial charge < -0.3 is 23.7 Å². The maximum atomic E-state index is 12.9. The Morgan fingerprint density at radius 3 is 1.47 bits per heavy atom. The molecule has 0 saturated carbocycles. The monoisotopic (exact) mass is 578 g/mol. The number of methoxy groups -OCH3 is 1. The van der Waals surface area contributed by atoms with Crippen LogP contribution in [0.5, 0.6) is 0 Å². The lowest BCUT2D eigenvalue weighted by Crippen LogP contribution is -2.42.